The average Bonchev–Trinajstić information content (AvgIpc) is 2.88. The van der Waals surface area contributed by atoms with E-state index in [9.17, 15) is 0 Å². The third-order valence-electron chi connectivity index (χ3n) is 3.55. The Morgan fingerprint density at radius 3 is 2.76 bits per heavy atom. The van der Waals surface area contributed by atoms with Crippen molar-refractivity contribution in [1.82, 2.24) is 9.97 Å². The lowest BCUT2D eigenvalue weighted by Crippen LogP contribution is -2.10. The van der Waals surface area contributed by atoms with Gasteiger partial charge in [-0.05, 0) is 31.6 Å². The zero-order valence-corrected chi connectivity index (χ0v) is 11.1. The third-order valence-corrected chi connectivity index (χ3v) is 3.55. The summed E-state index contributed by atoms with van der Waals surface area (Å²) in [6.45, 7) is 10.2. The molecule has 0 amide bonds. The van der Waals surface area contributed by atoms with E-state index >= 15 is 0 Å². The van der Waals surface area contributed by atoms with E-state index in [0.717, 1.165) is 23.8 Å². The molecule has 1 aliphatic rings. The quantitative estimate of drug-likeness (QED) is 0.852. The van der Waals surface area contributed by atoms with Crippen LogP contribution in [0.4, 0.5) is 5.82 Å². The molecule has 1 fully saturated rings. The monoisotopic (exact) mass is 235 g/mol. The lowest BCUT2D eigenvalue weighted by atomic mass is 10.1. The van der Waals surface area contributed by atoms with Gasteiger partial charge in [0.1, 0.15) is 12.1 Å². The largest absolute Gasteiger partial charge is 0.478 e. The average molecular weight is 235 g/mol. The summed E-state index contributed by atoms with van der Waals surface area (Å²) in [7, 11) is 0. The van der Waals surface area contributed by atoms with Gasteiger partial charge in [-0.15, -0.1) is 0 Å². The topological polar surface area (TPSA) is 47.0 Å². The van der Waals surface area contributed by atoms with E-state index in [1.807, 2.05) is 13.8 Å². The first-order valence-electron chi connectivity index (χ1n) is 6.23. The Hall–Kier alpha value is -1.32. The molecule has 1 aromatic rings. The van der Waals surface area contributed by atoms with Crippen LogP contribution in [0.2, 0.25) is 0 Å². The van der Waals surface area contributed by atoms with Crippen LogP contribution < -0.4 is 10.1 Å². The van der Waals surface area contributed by atoms with Crippen LogP contribution in [-0.4, -0.2) is 23.1 Å². The van der Waals surface area contributed by atoms with Crippen molar-refractivity contribution in [2.75, 3.05) is 18.5 Å². The highest BCUT2D eigenvalue weighted by molar-refractivity contribution is 5.47. The van der Waals surface area contributed by atoms with Crippen molar-refractivity contribution in [3.63, 3.8) is 0 Å². The predicted octanol–water partition coefficient (Wildman–Crippen LogP) is 2.64. The molecule has 0 spiro atoms. The molecule has 0 radical (unpaired) electrons. The number of aromatic nitrogens is 2. The van der Waals surface area contributed by atoms with E-state index in [2.05, 4.69) is 29.1 Å². The normalized spacial score (nSPS) is 21.1. The summed E-state index contributed by atoms with van der Waals surface area (Å²) in [6.07, 6.45) is 2.85. The van der Waals surface area contributed by atoms with Gasteiger partial charge in [0.05, 0.1) is 12.2 Å². The van der Waals surface area contributed by atoms with Crippen LogP contribution in [-0.2, 0) is 0 Å². The molecule has 2 rings (SSSR count). The molecule has 4 heteroatoms. The van der Waals surface area contributed by atoms with Gasteiger partial charge < -0.3 is 10.1 Å². The molecule has 1 N–H and O–H groups in total. The van der Waals surface area contributed by atoms with Gasteiger partial charge in [-0.3, -0.25) is 0 Å². The van der Waals surface area contributed by atoms with E-state index in [0.29, 0.717) is 17.9 Å². The number of ether oxygens (including phenoxy) is 1. The molecule has 17 heavy (non-hydrogen) atoms. The number of nitrogens with one attached hydrogen (secondary N) is 1. The molecule has 0 aromatic carbocycles. The highest BCUT2D eigenvalue weighted by Gasteiger charge is 2.45. The van der Waals surface area contributed by atoms with E-state index in [-0.39, 0.29) is 0 Å². The summed E-state index contributed by atoms with van der Waals surface area (Å²) in [6, 6.07) is 0. The smallest absolute Gasteiger partial charge is 0.221 e. The molecule has 94 valence electrons. The Bertz CT molecular complexity index is 404. The first-order valence-corrected chi connectivity index (χ1v) is 6.23. The highest BCUT2D eigenvalue weighted by atomic mass is 16.5. The van der Waals surface area contributed by atoms with Gasteiger partial charge in [-0.2, -0.15) is 0 Å². The number of hydrogen-bond donors (Lipinski definition) is 1. The molecule has 0 bridgehead atoms. The minimum atomic E-state index is 0.497. The third kappa shape index (κ3) is 2.68. The van der Waals surface area contributed by atoms with Crippen molar-refractivity contribution in [3.05, 3.63) is 11.9 Å². The molecule has 1 aliphatic carbocycles. The van der Waals surface area contributed by atoms with Gasteiger partial charge in [0.25, 0.3) is 0 Å². The lowest BCUT2D eigenvalue weighted by molar-refractivity contribution is 0.324. The summed E-state index contributed by atoms with van der Waals surface area (Å²) in [4.78, 5) is 8.39. The molecular weight excluding hydrogens is 214 g/mol. The van der Waals surface area contributed by atoms with Crippen molar-refractivity contribution in [1.29, 1.82) is 0 Å². The van der Waals surface area contributed by atoms with Crippen LogP contribution in [0.3, 0.4) is 0 Å². The molecule has 4 nitrogen and oxygen atoms in total. The van der Waals surface area contributed by atoms with E-state index in [1.165, 1.54) is 6.42 Å². The minimum absolute atomic E-state index is 0.497. The van der Waals surface area contributed by atoms with Gasteiger partial charge >= 0.3 is 0 Å². The fourth-order valence-electron chi connectivity index (χ4n) is 2.04. The van der Waals surface area contributed by atoms with Gasteiger partial charge in [0.15, 0.2) is 0 Å². The first kappa shape index (κ1) is 12.1. The molecule has 1 atom stereocenters. The second-order valence-corrected chi connectivity index (χ2v) is 5.36. The van der Waals surface area contributed by atoms with Crippen molar-refractivity contribution < 1.29 is 4.74 Å². The summed E-state index contributed by atoms with van der Waals surface area (Å²) in [5.41, 5.74) is 1.49. The van der Waals surface area contributed by atoms with Crippen molar-refractivity contribution in [2.45, 2.75) is 34.1 Å². The van der Waals surface area contributed by atoms with Crippen LogP contribution in [0.1, 0.15) is 32.8 Å². The molecule has 1 heterocycles. The second-order valence-electron chi connectivity index (χ2n) is 5.36. The Labute approximate surface area is 103 Å². The zero-order valence-electron chi connectivity index (χ0n) is 11.1. The molecular formula is C13H21N3O. The predicted molar refractivity (Wildman–Crippen MR) is 68.3 cm³/mol. The Morgan fingerprint density at radius 2 is 2.18 bits per heavy atom. The molecule has 0 saturated heterocycles. The summed E-state index contributed by atoms with van der Waals surface area (Å²) >= 11 is 0. The lowest BCUT2D eigenvalue weighted by Gasteiger charge is -2.11. The maximum Gasteiger partial charge on any atom is 0.221 e. The van der Waals surface area contributed by atoms with E-state index in [1.54, 1.807) is 6.33 Å². The van der Waals surface area contributed by atoms with Crippen molar-refractivity contribution in [3.8, 4) is 5.88 Å². The Morgan fingerprint density at radius 1 is 1.47 bits per heavy atom. The Balaban J connectivity index is 1.98. The second kappa shape index (κ2) is 4.51. The number of rotatable bonds is 5. The van der Waals surface area contributed by atoms with Gasteiger partial charge in [-0.25, -0.2) is 9.97 Å². The van der Waals surface area contributed by atoms with E-state index < -0.39 is 0 Å². The summed E-state index contributed by atoms with van der Waals surface area (Å²) < 4.78 is 5.45. The zero-order chi connectivity index (χ0) is 12.5. The van der Waals surface area contributed by atoms with E-state index in [4.69, 9.17) is 4.74 Å². The van der Waals surface area contributed by atoms with Crippen LogP contribution in [0.15, 0.2) is 6.33 Å². The Kier molecular flexibility index (Phi) is 3.22. The maximum absolute atomic E-state index is 5.45. The maximum atomic E-state index is 5.45. The van der Waals surface area contributed by atoms with Crippen LogP contribution >= 0.6 is 0 Å². The molecule has 1 unspecified atom stereocenters. The van der Waals surface area contributed by atoms with Crippen molar-refractivity contribution in [2.24, 2.45) is 11.3 Å². The number of hydrogen-bond acceptors (Lipinski definition) is 4. The minimum Gasteiger partial charge on any atom is -0.478 e. The standard InChI is InChI=1S/C13H21N3O/c1-5-17-12-9(2)11(15-8-16-12)14-7-10-6-13(10,3)4/h8,10H,5-7H2,1-4H3,(H,14,15,16). The van der Waals surface area contributed by atoms with Gasteiger partial charge in [0, 0.05) is 6.54 Å². The molecule has 0 aliphatic heterocycles. The first-order chi connectivity index (χ1) is 8.04. The summed E-state index contributed by atoms with van der Waals surface area (Å²) in [5, 5.41) is 3.40. The molecule has 1 aromatic heterocycles. The molecule has 1 saturated carbocycles. The van der Waals surface area contributed by atoms with Crippen LogP contribution in [0.25, 0.3) is 0 Å². The summed E-state index contributed by atoms with van der Waals surface area (Å²) in [5.74, 6) is 2.33. The highest BCUT2D eigenvalue weighted by Crippen LogP contribution is 2.51. The fourth-order valence-corrected chi connectivity index (χ4v) is 2.04. The van der Waals surface area contributed by atoms with Gasteiger partial charge in [-0.1, -0.05) is 13.8 Å². The number of nitrogens with zero attached hydrogens (tertiary/aromatic N) is 2. The van der Waals surface area contributed by atoms with Crippen molar-refractivity contribution >= 4 is 5.82 Å². The number of anilines is 1. The van der Waals surface area contributed by atoms with Crippen LogP contribution in [0, 0.1) is 18.3 Å². The SMILES string of the molecule is CCOc1ncnc(NCC2CC2(C)C)c1C. The van der Waals surface area contributed by atoms with Crippen LogP contribution in [0.5, 0.6) is 5.88 Å². The fraction of sp³-hybridized carbons (Fsp3) is 0.692. The van der Waals surface area contributed by atoms with Gasteiger partial charge in [0.2, 0.25) is 5.88 Å².